The second kappa shape index (κ2) is 10.5. The lowest BCUT2D eigenvalue weighted by Gasteiger charge is -2.14. The first-order valence-electron chi connectivity index (χ1n) is 14.0. The summed E-state index contributed by atoms with van der Waals surface area (Å²) in [4.78, 5) is 22.8. The Morgan fingerprint density at radius 2 is 1.49 bits per heavy atom. The Kier molecular flexibility index (Phi) is 6.54. The number of anilines is 3. The van der Waals surface area contributed by atoms with Gasteiger partial charge in [-0.2, -0.15) is 13.2 Å². The van der Waals surface area contributed by atoms with E-state index in [1.807, 2.05) is 42.5 Å². The van der Waals surface area contributed by atoms with Crippen LogP contribution in [0.5, 0.6) is 0 Å². The molecule has 0 bridgehead atoms. The van der Waals surface area contributed by atoms with E-state index in [1.165, 1.54) is 23.3 Å². The summed E-state index contributed by atoms with van der Waals surface area (Å²) in [5, 5.41) is 9.10. The standard InChI is InChI=1S/C35H25F3N4O/c36-35(37,38)25-14-11-23(12-15-25)34(43)40-27-17-18-31-30(20-27)33(39-26-16-13-21-6-3-8-24(21)19-26)42-32(41-31)29-10-4-7-22-5-1-2-9-28(22)29/h1-2,4-5,7,9-20H,3,6,8H2,(H,40,43)(H,39,41,42). The fraction of sp³-hybridized carbons (Fsp3) is 0.114. The maximum Gasteiger partial charge on any atom is 0.416 e. The van der Waals surface area contributed by atoms with E-state index in [2.05, 4.69) is 34.9 Å². The van der Waals surface area contributed by atoms with Gasteiger partial charge in [-0.25, -0.2) is 9.97 Å². The normalized spacial score (nSPS) is 12.8. The second-order valence-electron chi connectivity index (χ2n) is 10.6. The van der Waals surface area contributed by atoms with Gasteiger partial charge in [-0.05, 0) is 95.8 Å². The van der Waals surface area contributed by atoms with Gasteiger partial charge in [-0.15, -0.1) is 0 Å². The summed E-state index contributed by atoms with van der Waals surface area (Å²) in [6.07, 6.45) is -1.21. The lowest BCUT2D eigenvalue weighted by atomic mass is 10.0. The van der Waals surface area contributed by atoms with Gasteiger partial charge in [-0.1, -0.05) is 48.5 Å². The van der Waals surface area contributed by atoms with Gasteiger partial charge >= 0.3 is 6.18 Å². The number of benzene rings is 5. The largest absolute Gasteiger partial charge is 0.416 e. The maximum atomic E-state index is 13.0. The summed E-state index contributed by atoms with van der Waals surface area (Å²) in [5.74, 6) is 0.625. The summed E-state index contributed by atoms with van der Waals surface area (Å²) in [6, 6.07) is 29.9. The zero-order chi connectivity index (χ0) is 29.6. The summed E-state index contributed by atoms with van der Waals surface area (Å²) >= 11 is 0. The quantitative estimate of drug-likeness (QED) is 0.216. The molecule has 1 aliphatic rings. The Morgan fingerprint density at radius 3 is 2.33 bits per heavy atom. The first-order chi connectivity index (χ1) is 20.8. The van der Waals surface area contributed by atoms with Crippen LogP contribution in [0.1, 0.15) is 33.5 Å². The van der Waals surface area contributed by atoms with Gasteiger partial charge in [0.15, 0.2) is 5.82 Å². The van der Waals surface area contributed by atoms with E-state index < -0.39 is 17.6 Å². The second-order valence-corrected chi connectivity index (χ2v) is 10.6. The monoisotopic (exact) mass is 574 g/mol. The molecule has 0 radical (unpaired) electrons. The van der Waals surface area contributed by atoms with Gasteiger partial charge in [0, 0.05) is 27.9 Å². The predicted molar refractivity (Wildman–Crippen MR) is 164 cm³/mol. The van der Waals surface area contributed by atoms with E-state index in [0.717, 1.165) is 53.4 Å². The molecule has 1 amide bonds. The van der Waals surface area contributed by atoms with Crippen molar-refractivity contribution in [1.82, 2.24) is 9.97 Å². The minimum absolute atomic E-state index is 0.118. The van der Waals surface area contributed by atoms with E-state index >= 15 is 0 Å². The molecule has 0 spiro atoms. The lowest BCUT2D eigenvalue weighted by molar-refractivity contribution is -0.137. The number of nitrogens with zero attached hydrogens (tertiary/aromatic N) is 2. The molecule has 0 unspecified atom stereocenters. The van der Waals surface area contributed by atoms with Crippen LogP contribution in [-0.4, -0.2) is 15.9 Å². The lowest BCUT2D eigenvalue weighted by Crippen LogP contribution is -2.13. The van der Waals surface area contributed by atoms with E-state index in [9.17, 15) is 18.0 Å². The molecule has 0 atom stereocenters. The molecule has 0 aliphatic heterocycles. The predicted octanol–water partition coefficient (Wildman–Crippen LogP) is 8.95. The molecule has 0 fully saturated rings. The van der Waals surface area contributed by atoms with Crippen molar-refractivity contribution in [3.05, 3.63) is 125 Å². The summed E-state index contributed by atoms with van der Waals surface area (Å²) in [6.45, 7) is 0. The summed E-state index contributed by atoms with van der Waals surface area (Å²) in [7, 11) is 0. The highest BCUT2D eigenvalue weighted by Crippen LogP contribution is 2.34. The number of fused-ring (bicyclic) bond motifs is 3. The summed E-state index contributed by atoms with van der Waals surface area (Å²) in [5.41, 5.74) is 4.94. The molecule has 5 nitrogen and oxygen atoms in total. The zero-order valence-electron chi connectivity index (χ0n) is 22.9. The van der Waals surface area contributed by atoms with Crippen LogP contribution < -0.4 is 10.6 Å². The maximum absolute atomic E-state index is 13.0. The number of aryl methyl sites for hydroxylation is 2. The van der Waals surface area contributed by atoms with Gasteiger partial charge in [-0.3, -0.25) is 4.79 Å². The van der Waals surface area contributed by atoms with Crippen LogP contribution in [0, 0.1) is 0 Å². The molecule has 2 N–H and O–H groups in total. The first-order valence-corrected chi connectivity index (χ1v) is 14.0. The number of carbonyl (C=O) groups is 1. The van der Waals surface area contributed by atoms with Gasteiger partial charge in [0.1, 0.15) is 5.82 Å². The summed E-state index contributed by atoms with van der Waals surface area (Å²) < 4.78 is 38.9. The topological polar surface area (TPSA) is 66.9 Å². The third-order valence-electron chi connectivity index (χ3n) is 7.82. The molecule has 1 heterocycles. The highest BCUT2D eigenvalue weighted by molar-refractivity contribution is 6.06. The molecule has 8 heteroatoms. The molecule has 43 heavy (non-hydrogen) atoms. The van der Waals surface area contributed by atoms with Crippen LogP contribution in [0.15, 0.2) is 103 Å². The zero-order valence-corrected chi connectivity index (χ0v) is 22.9. The van der Waals surface area contributed by atoms with Gasteiger partial charge in [0.05, 0.1) is 11.1 Å². The van der Waals surface area contributed by atoms with Gasteiger partial charge < -0.3 is 10.6 Å². The van der Waals surface area contributed by atoms with Gasteiger partial charge in [0.25, 0.3) is 5.91 Å². The fourth-order valence-electron chi connectivity index (χ4n) is 5.64. The van der Waals surface area contributed by atoms with Crippen LogP contribution in [-0.2, 0) is 19.0 Å². The molecule has 1 aromatic heterocycles. The van der Waals surface area contributed by atoms with Crippen molar-refractivity contribution in [3.8, 4) is 11.4 Å². The molecule has 6 aromatic rings. The fourth-order valence-corrected chi connectivity index (χ4v) is 5.64. The highest BCUT2D eigenvalue weighted by atomic mass is 19.4. The van der Waals surface area contributed by atoms with Crippen molar-refractivity contribution in [3.63, 3.8) is 0 Å². The first kappa shape index (κ1) is 26.6. The Bertz CT molecular complexity index is 2010. The number of rotatable bonds is 5. The Hall–Kier alpha value is -5.24. The number of aromatic nitrogens is 2. The SMILES string of the molecule is O=C(Nc1ccc2nc(-c3cccc4ccccc34)nc(Nc3ccc4c(c3)CCC4)c2c1)c1ccc(C(F)(F)F)cc1. The van der Waals surface area contributed by atoms with Gasteiger partial charge in [0.2, 0.25) is 0 Å². The van der Waals surface area contributed by atoms with Crippen LogP contribution >= 0.6 is 0 Å². The molecule has 7 rings (SSSR count). The third kappa shape index (κ3) is 5.28. The van der Waals surface area contributed by atoms with E-state index in [4.69, 9.17) is 9.97 Å². The van der Waals surface area contributed by atoms with Crippen molar-refractivity contribution in [2.75, 3.05) is 10.6 Å². The van der Waals surface area contributed by atoms with E-state index in [0.29, 0.717) is 28.2 Å². The number of alkyl halides is 3. The molecule has 1 aliphatic carbocycles. The van der Waals surface area contributed by atoms with Crippen LogP contribution in [0.2, 0.25) is 0 Å². The van der Waals surface area contributed by atoms with Crippen LogP contribution in [0.4, 0.5) is 30.4 Å². The molecule has 5 aromatic carbocycles. The molecular weight excluding hydrogens is 549 g/mol. The Labute approximate surface area is 245 Å². The Balaban J connectivity index is 1.29. The minimum Gasteiger partial charge on any atom is -0.340 e. The van der Waals surface area contributed by atoms with E-state index in [1.54, 1.807) is 12.1 Å². The number of halogens is 3. The van der Waals surface area contributed by atoms with Crippen LogP contribution in [0.3, 0.4) is 0 Å². The number of hydrogen-bond donors (Lipinski definition) is 2. The smallest absolute Gasteiger partial charge is 0.340 e. The number of hydrogen-bond acceptors (Lipinski definition) is 4. The molecule has 0 saturated carbocycles. The average Bonchev–Trinajstić information content (AvgIpc) is 3.48. The van der Waals surface area contributed by atoms with Crippen molar-refractivity contribution in [1.29, 1.82) is 0 Å². The Morgan fingerprint density at radius 1 is 0.721 bits per heavy atom. The minimum atomic E-state index is -4.47. The highest BCUT2D eigenvalue weighted by Gasteiger charge is 2.30. The van der Waals surface area contributed by atoms with Crippen molar-refractivity contribution in [2.45, 2.75) is 25.4 Å². The number of nitrogens with one attached hydrogen (secondary N) is 2. The van der Waals surface area contributed by atoms with E-state index in [-0.39, 0.29) is 5.56 Å². The molecule has 0 saturated heterocycles. The van der Waals surface area contributed by atoms with Crippen molar-refractivity contribution >= 4 is 44.8 Å². The molecule has 212 valence electrons. The van der Waals surface area contributed by atoms with Crippen LogP contribution in [0.25, 0.3) is 33.1 Å². The van der Waals surface area contributed by atoms with Crippen molar-refractivity contribution in [2.24, 2.45) is 0 Å². The number of carbonyl (C=O) groups excluding carboxylic acids is 1. The third-order valence-corrected chi connectivity index (χ3v) is 7.82. The molecular formula is C35H25F3N4O. The average molecular weight is 575 g/mol. The number of amides is 1. The van der Waals surface area contributed by atoms with Crippen molar-refractivity contribution < 1.29 is 18.0 Å².